The molecule has 27 heavy (non-hydrogen) atoms. The Morgan fingerprint density at radius 2 is 1.15 bits per heavy atom. The Labute approximate surface area is 161 Å². The summed E-state index contributed by atoms with van der Waals surface area (Å²) in [4.78, 5) is 23.1. The van der Waals surface area contributed by atoms with Gasteiger partial charge in [-0.25, -0.2) is 0 Å². The van der Waals surface area contributed by atoms with E-state index in [1.54, 1.807) is 13.8 Å². The van der Waals surface area contributed by atoms with Crippen molar-refractivity contribution < 1.29 is 19.1 Å². The van der Waals surface area contributed by atoms with Gasteiger partial charge in [-0.2, -0.15) is 0 Å². The van der Waals surface area contributed by atoms with Crippen LogP contribution in [0.25, 0.3) is 0 Å². The molecule has 0 fully saturated rings. The minimum absolute atomic E-state index is 0.238. The molecule has 0 spiro atoms. The maximum absolute atomic E-state index is 11.5. The first-order chi connectivity index (χ1) is 12.7. The molecule has 2 aromatic carbocycles. The lowest BCUT2D eigenvalue weighted by molar-refractivity contribution is -0.134. The number of hydrogen-bond donors (Lipinski definition) is 0. The molecule has 2 aromatic rings. The summed E-state index contributed by atoms with van der Waals surface area (Å²) in [6.07, 6.45) is 0.696. The predicted molar refractivity (Wildman–Crippen MR) is 106 cm³/mol. The van der Waals surface area contributed by atoms with E-state index < -0.39 is 0 Å². The average Bonchev–Trinajstić information content (AvgIpc) is 2.64. The van der Waals surface area contributed by atoms with Crippen LogP contribution in [0.5, 0.6) is 11.5 Å². The van der Waals surface area contributed by atoms with Gasteiger partial charge in [0.2, 0.25) is 0 Å². The first-order valence-corrected chi connectivity index (χ1v) is 9.32. The van der Waals surface area contributed by atoms with E-state index in [-0.39, 0.29) is 17.4 Å². The number of aryl methyl sites for hydroxylation is 2. The lowest BCUT2D eigenvalue weighted by Gasteiger charge is -2.27. The van der Waals surface area contributed by atoms with Crippen LogP contribution >= 0.6 is 0 Å². The smallest absolute Gasteiger partial charge is 0.310 e. The van der Waals surface area contributed by atoms with Crippen LogP contribution in [0.15, 0.2) is 36.4 Å². The van der Waals surface area contributed by atoms with E-state index in [1.165, 1.54) is 0 Å². The maximum atomic E-state index is 11.5. The molecule has 0 saturated heterocycles. The second-order valence-electron chi connectivity index (χ2n) is 7.24. The standard InChI is InChI=1S/C23H28O4/c1-7-21(24)26-19-11-9-17(13-15(19)3)23(5,6)18-10-12-20(16(4)14-18)27-22(25)8-2/h9-14H,7-8H2,1-6H3. The topological polar surface area (TPSA) is 52.6 Å². The highest BCUT2D eigenvalue weighted by Crippen LogP contribution is 2.36. The van der Waals surface area contributed by atoms with Gasteiger partial charge in [0, 0.05) is 18.3 Å². The van der Waals surface area contributed by atoms with Crippen molar-refractivity contribution in [3.8, 4) is 11.5 Å². The Hall–Kier alpha value is -2.62. The van der Waals surface area contributed by atoms with Gasteiger partial charge in [-0.3, -0.25) is 9.59 Å². The molecule has 0 aliphatic heterocycles. The Morgan fingerprint density at radius 1 is 0.778 bits per heavy atom. The molecule has 0 amide bonds. The number of esters is 2. The van der Waals surface area contributed by atoms with Gasteiger partial charge < -0.3 is 9.47 Å². The van der Waals surface area contributed by atoms with Crippen LogP contribution in [0.3, 0.4) is 0 Å². The number of rotatable bonds is 6. The number of carbonyl (C=O) groups is 2. The summed E-state index contributed by atoms with van der Waals surface area (Å²) in [6, 6.07) is 11.8. The zero-order valence-corrected chi connectivity index (χ0v) is 17.0. The van der Waals surface area contributed by atoms with Crippen LogP contribution in [0.4, 0.5) is 0 Å². The summed E-state index contributed by atoms with van der Waals surface area (Å²) in [6.45, 7) is 11.7. The van der Waals surface area contributed by atoms with Crippen molar-refractivity contribution in [1.29, 1.82) is 0 Å². The molecule has 144 valence electrons. The van der Waals surface area contributed by atoms with Crippen LogP contribution < -0.4 is 9.47 Å². The minimum atomic E-state index is -0.254. The van der Waals surface area contributed by atoms with Gasteiger partial charge in [-0.1, -0.05) is 52.0 Å². The van der Waals surface area contributed by atoms with Gasteiger partial charge in [-0.05, 0) is 48.2 Å². The van der Waals surface area contributed by atoms with Crippen LogP contribution in [0.1, 0.15) is 62.8 Å². The summed E-state index contributed by atoms with van der Waals surface area (Å²) >= 11 is 0. The zero-order chi connectivity index (χ0) is 20.2. The molecular weight excluding hydrogens is 340 g/mol. The van der Waals surface area contributed by atoms with E-state index in [2.05, 4.69) is 26.0 Å². The lowest BCUT2D eigenvalue weighted by Crippen LogP contribution is -2.20. The number of ether oxygens (including phenoxy) is 2. The first-order valence-electron chi connectivity index (χ1n) is 9.32. The third kappa shape index (κ3) is 4.76. The second-order valence-corrected chi connectivity index (χ2v) is 7.24. The SMILES string of the molecule is CCC(=O)Oc1ccc(C(C)(C)c2ccc(OC(=O)CC)c(C)c2)cc1C. The van der Waals surface area contributed by atoms with Crippen LogP contribution in [0, 0.1) is 13.8 Å². The molecular formula is C23H28O4. The molecule has 4 nitrogen and oxygen atoms in total. The van der Waals surface area contributed by atoms with E-state index in [4.69, 9.17) is 9.47 Å². The molecule has 0 atom stereocenters. The largest absolute Gasteiger partial charge is 0.426 e. The van der Waals surface area contributed by atoms with Crippen molar-refractivity contribution >= 4 is 11.9 Å². The van der Waals surface area contributed by atoms with Crippen molar-refractivity contribution in [3.63, 3.8) is 0 Å². The monoisotopic (exact) mass is 368 g/mol. The normalized spacial score (nSPS) is 11.2. The van der Waals surface area contributed by atoms with E-state index in [9.17, 15) is 9.59 Å². The molecule has 0 bridgehead atoms. The Kier molecular flexibility index (Phi) is 6.42. The van der Waals surface area contributed by atoms with Crippen molar-refractivity contribution in [2.75, 3.05) is 0 Å². The summed E-state index contributed by atoms with van der Waals surface area (Å²) in [5.41, 5.74) is 3.83. The molecule has 0 unspecified atom stereocenters. The van der Waals surface area contributed by atoms with Gasteiger partial charge in [0.1, 0.15) is 11.5 Å². The van der Waals surface area contributed by atoms with E-state index in [0.29, 0.717) is 24.3 Å². The minimum Gasteiger partial charge on any atom is -0.426 e. The van der Waals surface area contributed by atoms with E-state index in [0.717, 1.165) is 22.3 Å². The summed E-state index contributed by atoms with van der Waals surface area (Å²) in [5, 5.41) is 0. The van der Waals surface area contributed by atoms with Crippen molar-refractivity contribution in [3.05, 3.63) is 58.7 Å². The highest BCUT2D eigenvalue weighted by atomic mass is 16.5. The molecule has 4 heteroatoms. The summed E-state index contributed by atoms with van der Waals surface area (Å²) < 4.78 is 10.7. The van der Waals surface area contributed by atoms with Crippen molar-refractivity contribution in [2.45, 2.75) is 59.8 Å². The second kappa shape index (κ2) is 8.38. The summed E-state index contributed by atoms with van der Waals surface area (Å²) in [7, 11) is 0. The highest BCUT2D eigenvalue weighted by molar-refractivity contribution is 5.73. The first kappa shape index (κ1) is 20.7. The predicted octanol–water partition coefficient (Wildman–Crippen LogP) is 5.26. The van der Waals surface area contributed by atoms with Gasteiger partial charge in [0.25, 0.3) is 0 Å². The molecule has 0 N–H and O–H groups in total. The number of benzene rings is 2. The fourth-order valence-corrected chi connectivity index (χ4v) is 2.86. The average molecular weight is 368 g/mol. The number of hydrogen-bond acceptors (Lipinski definition) is 4. The Morgan fingerprint density at radius 3 is 1.44 bits per heavy atom. The molecule has 0 aliphatic rings. The molecule has 0 radical (unpaired) electrons. The van der Waals surface area contributed by atoms with Crippen LogP contribution in [-0.4, -0.2) is 11.9 Å². The highest BCUT2D eigenvalue weighted by Gasteiger charge is 2.25. The van der Waals surface area contributed by atoms with Gasteiger partial charge in [0.15, 0.2) is 0 Å². The molecule has 0 heterocycles. The maximum Gasteiger partial charge on any atom is 0.310 e. The molecule has 0 aromatic heterocycles. The van der Waals surface area contributed by atoms with Crippen LogP contribution in [-0.2, 0) is 15.0 Å². The summed E-state index contributed by atoms with van der Waals surface area (Å²) in [5.74, 6) is 0.717. The van der Waals surface area contributed by atoms with Gasteiger partial charge in [0.05, 0.1) is 0 Å². The molecule has 0 saturated carbocycles. The molecule has 2 rings (SSSR count). The van der Waals surface area contributed by atoms with Crippen molar-refractivity contribution in [1.82, 2.24) is 0 Å². The number of carbonyl (C=O) groups excluding carboxylic acids is 2. The Bertz CT molecular complexity index is 780. The van der Waals surface area contributed by atoms with Gasteiger partial charge in [-0.15, -0.1) is 0 Å². The van der Waals surface area contributed by atoms with E-state index >= 15 is 0 Å². The van der Waals surface area contributed by atoms with E-state index in [1.807, 2.05) is 38.1 Å². The van der Waals surface area contributed by atoms with Gasteiger partial charge >= 0.3 is 11.9 Å². The fraction of sp³-hybridized carbons (Fsp3) is 0.391. The fourth-order valence-electron chi connectivity index (χ4n) is 2.86. The Balaban J connectivity index is 2.32. The van der Waals surface area contributed by atoms with Crippen molar-refractivity contribution in [2.24, 2.45) is 0 Å². The molecule has 0 aliphatic carbocycles. The third-order valence-electron chi connectivity index (χ3n) is 4.82. The quantitative estimate of drug-likeness (QED) is 0.515. The van der Waals surface area contributed by atoms with Crippen LogP contribution in [0.2, 0.25) is 0 Å². The zero-order valence-electron chi connectivity index (χ0n) is 17.0. The third-order valence-corrected chi connectivity index (χ3v) is 4.82. The lowest BCUT2D eigenvalue weighted by atomic mass is 9.77.